The Kier molecular flexibility index (Phi) is 2.62. The molecule has 0 aromatic carbocycles. The van der Waals surface area contributed by atoms with Gasteiger partial charge in [0.1, 0.15) is 5.78 Å². The van der Waals surface area contributed by atoms with Crippen LogP contribution in [0, 0.1) is 5.92 Å². The first-order valence-corrected chi connectivity index (χ1v) is 3.86. The zero-order chi connectivity index (χ0) is 8.43. The molecule has 1 saturated heterocycles. The van der Waals surface area contributed by atoms with Gasteiger partial charge in [0.15, 0.2) is 6.29 Å². The number of hydrogen-bond donors (Lipinski definition) is 0. The molecule has 0 saturated carbocycles. The first-order chi connectivity index (χ1) is 5.15. The van der Waals surface area contributed by atoms with Crippen LogP contribution in [-0.4, -0.2) is 25.3 Å². The van der Waals surface area contributed by atoms with E-state index in [1.54, 1.807) is 7.11 Å². The maximum Gasteiger partial charge on any atom is 0.164 e. The van der Waals surface area contributed by atoms with Crippen molar-refractivity contribution >= 4 is 5.78 Å². The molecule has 0 bridgehead atoms. The number of methoxy groups -OCH3 is 1. The highest BCUT2D eigenvalue weighted by Crippen LogP contribution is 2.21. The molecule has 0 N–H and O–H groups in total. The predicted octanol–water partition coefficient (Wildman–Crippen LogP) is 0.973. The molecule has 0 spiro atoms. The summed E-state index contributed by atoms with van der Waals surface area (Å²) in [5.74, 6) is 0.247. The van der Waals surface area contributed by atoms with Crippen LogP contribution in [0.15, 0.2) is 0 Å². The number of carbonyl (C=O) groups excluding carboxylic acids is 1. The van der Waals surface area contributed by atoms with E-state index in [9.17, 15) is 4.79 Å². The van der Waals surface area contributed by atoms with Crippen molar-refractivity contribution in [2.75, 3.05) is 7.11 Å². The van der Waals surface area contributed by atoms with E-state index in [-0.39, 0.29) is 24.1 Å². The molecule has 1 aliphatic rings. The average Bonchev–Trinajstić information content (AvgIpc) is 1.99. The highest BCUT2D eigenvalue weighted by Gasteiger charge is 2.31. The molecule has 1 aliphatic heterocycles. The minimum atomic E-state index is -0.325. The summed E-state index contributed by atoms with van der Waals surface area (Å²) in [5.41, 5.74) is 0. The van der Waals surface area contributed by atoms with Crippen LogP contribution in [0.3, 0.4) is 0 Å². The molecule has 0 amide bonds. The number of ketones is 1. The maximum absolute atomic E-state index is 11.2. The molecule has 0 radical (unpaired) electrons. The summed E-state index contributed by atoms with van der Waals surface area (Å²) >= 11 is 0. The standard InChI is InChI=1S/C8H14O3/c1-5-6(2)11-8(10-3)4-7(5)9/h5-6,8H,4H2,1-3H3/t5-,6-,8+/m0/s1. The molecule has 64 valence electrons. The molecule has 0 unspecified atom stereocenters. The van der Waals surface area contributed by atoms with Crippen molar-refractivity contribution < 1.29 is 14.3 Å². The Morgan fingerprint density at radius 3 is 2.64 bits per heavy atom. The lowest BCUT2D eigenvalue weighted by Gasteiger charge is -2.30. The third-order valence-corrected chi connectivity index (χ3v) is 2.21. The molecule has 1 fully saturated rings. The largest absolute Gasteiger partial charge is 0.355 e. The van der Waals surface area contributed by atoms with Gasteiger partial charge in [-0.05, 0) is 6.92 Å². The Balaban J connectivity index is 2.54. The van der Waals surface area contributed by atoms with Gasteiger partial charge in [0.05, 0.1) is 12.5 Å². The van der Waals surface area contributed by atoms with Crippen LogP contribution in [0.4, 0.5) is 0 Å². The normalized spacial score (nSPS) is 39.2. The third-order valence-electron chi connectivity index (χ3n) is 2.21. The molecule has 1 rings (SSSR count). The van der Waals surface area contributed by atoms with Crippen LogP contribution in [0.5, 0.6) is 0 Å². The molecule has 0 aromatic heterocycles. The second kappa shape index (κ2) is 3.32. The highest BCUT2D eigenvalue weighted by atomic mass is 16.7. The SMILES string of the molecule is CO[C@H]1CC(=O)[C@@H](C)[C@H](C)O1. The third kappa shape index (κ3) is 1.79. The fourth-order valence-electron chi connectivity index (χ4n) is 1.16. The van der Waals surface area contributed by atoms with Gasteiger partial charge in [0.25, 0.3) is 0 Å². The van der Waals surface area contributed by atoms with E-state index in [0.29, 0.717) is 6.42 Å². The molecular weight excluding hydrogens is 144 g/mol. The summed E-state index contributed by atoms with van der Waals surface area (Å²) in [6.07, 6.45) is 0.0528. The van der Waals surface area contributed by atoms with Gasteiger partial charge in [0.2, 0.25) is 0 Å². The van der Waals surface area contributed by atoms with Crippen molar-refractivity contribution in [3.63, 3.8) is 0 Å². The van der Waals surface area contributed by atoms with E-state index in [0.717, 1.165) is 0 Å². The monoisotopic (exact) mass is 158 g/mol. The van der Waals surface area contributed by atoms with Gasteiger partial charge in [0, 0.05) is 13.0 Å². The van der Waals surface area contributed by atoms with Crippen LogP contribution in [0.25, 0.3) is 0 Å². The number of Topliss-reactive ketones (excluding diaryl/α,β-unsaturated/α-hetero) is 1. The first-order valence-electron chi connectivity index (χ1n) is 3.86. The van der Waals surface area contributed by atoms with Crippen molar-refractivity contribution in [2.24, 2.45) is 5.92 Å². The quantitative estimate of drug-likeness (QED) is 0.570. The van der Waals surface area contributed by atoms with Crippen LogP contribution < -0.4 is 0 Å². The number of ether oxygens (including phenoxy) is 2. The lowest BCUT2D eigenvalue weighted by Crippen LogP contribution is -2.39. The van der Waals surface area contributed by atoms with Crippen molar-refractivity contribution in [1.29, 1.82) is 0 Å². The van der Waals surface area contributed by atoms with Crippen LogP contribution >= 0.6 is 0 Å². The van der Waals surface area contributed by atoms with E-state index in [1.807, 2.05) is 13.8 Å². The van der Waals surface area contributed by atoms with Gasteiger partial charge in [-0.2, -0.15) is 0 Å². The predicted molar refractivity (Wildman–Crippen MR) is 40.1 cm³/mol. The lowest BCUT2D eigenvalue weighted by atomic mass is 9.95. The van der Waals surface area contributed by atoms with Gasteiger partial charge in [-0.15, -0.1) is 0 Å². The van der Waals surface area contributed by atoms with E-state index < -0.39 is 0 Å². The summed E-state index contributed by atoms with van der Waals surface area (Å²) in [4.78, 5) is 11.2. The zero-order valence-electron chi connectivity index (χ0n) is 7.16. The van der Waals surface area contributed by atoms with Crippen LogP contribution in [0.1, 0.15) is 20.3 Å². The Morgan fingerprint density at radius 2 is 2.18 bits per heavy atom. The Labute approximate surface area is 66.7 Å². The molecule has 0 aliphatic carbocycles. The Morgan fingerprint density at radius 1 is 1.55 bits per heavy atom. The Bertz CT molecular complexity index is 155. The van der Waals surface area contributed by atoms with Crippen molar-refractivity contribution in [2.45, 2.75) is 32.7 Å². The van der Waals surface area contributed by atoms with Gasteiger partial charge in [-0.25, -0.2) is 0 Å². The van der Waals surface area contributed by atoms with Crippen molar-refractivity contribution in [1.82, 2.24) is 0 Å². The van der Waals surface area contributed by atoms with Gasteiger partial charge in [-0.3, -0.25) is 4.79 Å². The highest BCUT2D eigenvalue weighted by molar-refractivity contribution is 5.82. The number of carbonyl (C=O) groups is 1. The van der Waals surface area contributed by atoms with E-state index >= 15 is 0 Å². The Hall–Kier alpha value is -0.410. The van der Waals surface area contributed by atoms with Crippen LogP contribution in [0.2, 0.25) is 0 Å². The first kappa shape index (κ1) is 8.68. The molecule has 3 heteroatoms. The summed E-state index contributed by atoms with van der Waals surface area (Å²) in [6.45, 7) is 3.78. The maximum atomic E-state index is 11.2. The second-order valence-electron chi connectivity index (χ2n) is 2.97. The summed E-state index contributed by atoms with van der Waals surface area (Å²) in [5, 5.41) is 0. The van der Waals surface area contributed by atoms with Gasteiger partial charge < -0.3 is 9.47 Å². The van der Waals surface area contributed by atoms with Crippen molar-refractivity contribution in [3.05, 3.63) is 0 Å². The van der Waals surface area contributed by atoms with E-state index in [2.05, 4.69) is 0 Å². The average molecular weight is 158 g/mol. The topological polar surface area (TPSA) is 35.5 Å². The molecule has 3 nitrogen and oxygen atoms in total. The minimum absolute atomic E-state index is 0.0128. The zero-order valence-corrected chi connectivity index (χ0v) is 7.16. The second-order valence-corrected chi connectivity index (χ2v) is 2.97. The summed E-state index contributed by atoms with van der Waals surface area (Å²) in [7, 11) is 1.56. The molecule has 1 heterocycles. The van der Waals surface area contributed by atoms with E-state index in [4.69, 9.17) is 9.47 Å². The fraction of sp³-hybridized carbons (Fsp3) is 0.875. The lowest BCUT2D eigenvalue weighted by molar-refractivity contribution is -0.191. The summed E-state index contributed by atoms with van der Waals surface area (Å²) < 4.78 is 10.3. The smallest absolute Gasteiger partial charge is 0.164 e. The summed E-state index contributed by atoms with van der Waals surface area (Å²) in [6, 6.07) is 0. The molecule has 11 heavy (non-hydrogen) atoms. The van der Waals surface area contributed by atoms with Gasteiger partial charge >= 0.3 is 0 Å². The molecular formula is C8H14O3. The molecule has 0 aromatic rings. The van der Waals surface area contributed by atoms with Crippen LogP contribution in [-0.2, 0) is 14.3 Å². The van der Waals surface area contributed by atoms with Crippen molar-refractivity contribution in [3.8, 4) is 0 Å². The molecule has 3 atom stereocenters. The minimum Gasteiger partial charge on any atom is -0.355 e. The van der Waals surface area contributed by atoms with E-state index in [1.165, 1.54) is 0 Å². The number of hydrogen-bond acceptors (Lipinski definition) is 3. The van der Waals surface area contributed by atoms with Gasteiger partial charge in [-0.1, -0.05) is 6.92 Å². The fourth-order valence-corrected chi connectivity index (χ4v) is 1.16. The number of rotatable bonds is 1.